The first kappa shape index (κ1) is 24.4. The van der Waals surface area contributed by atoms with E-state index in [1.807, 2.05) is 24.0 Å². The lowest BCUT2D eigenvalue weighted by Gasteiger charge is -2.28. The molecule has 0 bridgehead atoms. The third kappa shape index (κ3) is 4.74. The first-order valence-electron chi connectivity index (χ1n) is 12.5. The predicted octanol–water partition coefficient (Wildman–Crippen LogP) is 4.75. The lowest BCUT2D eigenvalue weighted by atomic mass is 9.93. The van der Waals surface area contributed by atoms with Crippen LogP contribution in [0.1, 0.15) is 51.3 Å². The summed E-state index contributed by atoms with van der Waals surface area (Å²) >= 11 is 1.56. The van der Waals surface area contributed by atoms with Gasteiger partial charge in [0.15, 0.2) is 0 Å². The number of rotatable bonds is 6. The minimum atomic E-state index is -0.263. The zero-order chi connectivity index (χ0) is 25.4. The van der Waals surface area contributed by atoms with Crippen LogP contribution in [0, 0.1) is 31.6 Å². The molecule has 2 aromatic heterocycles. The Bertz CT molecular complexity index is 1290. The number of aryl methyl sites for hydroxylation is 2. The third-order valence-electron chi connectivity index (χ3n) is 7.43. The number of amides is 2. The molecule has 5 rings (SSSR count). The first-order chi connectivity index (χ1) is 17.3. The maximum absolute atomic E-state index is 14.0. The van der Waals surface area contributed by atoms with E-state index in [1.165, 1.54) is 7.11 Å². The topological polar surface area (TPSA) is 84.4 Å². The number of hydrogen-bond acceptors (Lipinski definition) is 6. The molecule has 2 fully saturated rings. The number of fused-ring (bicyclic) bond motifs is 1. The lowest BCUT2D eigenvalue weighted by Crippen LogP contribution is -2.46. The maximum Gasteiger partial charge on any atom is 0.274 e. The number of likely N-dealkylation sites (tertiary alicyclic amines) is 1. The predicted molar refractivity (Wildman–Crippen MR) is 140 cm³/mol. The van der Waals surface area contributed by atoms with Gasteiger partial charge >= 0.3 is 0 Å². The van der Waals surface area contributed by atoms with Crippen LogP contribution < -0.4 is 10.1 Å². The van der Waals surface area contributed by atoms with Crippen LogP contribution in [-0.4, -0.2) is 52.9 Å². The lowest BCUT2D eigenvalue weighted by molar-refractivity contribution is 0.0692. The second-order valence-corrected chi connectivity index (χ2v) is 11.3. The van der Waals surface area contributed by atoms with Crippen molar-refractivity contribution in [3.05, 3.63) is 64.4 Å². The zero-order valence-corrected chi connectivity index (χ0v) is 22.0. The first-order valence-corrected chi connectivity index (χ1v) is 13.3. The highest BCUT2D eigenvalue weighted by molar-refractivity contribution is 7.15. The molecule has 0 radical (unpaired) electrons. The van der Waals surface area contributed by atoms with Crippen LogP contribution in [0.25, 0.3) is 10.4 Å². The highest BCUT2D eigenvalue weighted by Gasteiger charge is 2.48. The van der Waals surface area contributed by atoms with E-state index in [1.54, 1.807) is 29.5 Å². The standard InChI is InChI=1S/C28H32N4O3S/c1-16-7-5-8-19(11-16)26-25(30-18(3)36-26)28(34)32-15-20-12-17(2)13-21(20)23(32)14-29-27(33)22-9-6-10-24(31-22)35-4/h5-11,17,20-21,23H,12-15H2,1-4H3,(H,29,33)/t17?,20-,21-,23+/m0/s1. The van der Waals surface area contributed by atoms with Gasteiger partial charge in [0.25, 0.3) is 11.8 Å². The van der Waals surface area contributed by atoms with E-state index in [-0.39, 0.29) is 17.9 Å². The summed E-state index contributed by atoms with van der Waals surface area (Å²) in [6, 6.07) is 13.3. The summed E-state index contributed by atoms with van der Waals surface area (Å²) in [6.07, 6.45) is 2.17. The van der Waals surface area contributed by atoms with Gasteiger partial charge in [-0.25, -0.2) is 9.97 Å². The van der Waals surface area contributed by atoms with Crippen molar-refractivity contribution < 1.29 is 14.3 Å². The number of carbonyl (C=O) groups is 2. The van der Waals surface area contributed by atoms with Crippen molar-refractivity contribution in [2.75, 3.05) is 20.2 Å². The fraction of sp³-hybridized carbons (Fsp3) is 0.429. The third-order valence-corrected chi connectivity index (χ3v) is 8.45. The molecule has 1 saturated carbocycles. The van der Waals surface area contributed by atoms with Gasteiger partial charge in [-0.3, -0.25) is 9.59 Å². The minimum absolute atomic E-state index is 0.0448. The fourth-order valence-corrected chi connectivity index (χ4v) is 6.78. The number of benzene rings is 1. The van der Waals surface area contributed by atoms with Crippen LogP contribution >= 0.6 is 11.3 Å². The smallest absolute Gasteiger partial charge is 0.274 e. The van der Waals surface area contributed by atoms with E-state index in [0.29, 0.717) is 48.1 Å². The summed E-state index contributed by atoms with van der Waals surface area (Å²) in [7, 11) is 1.53. The second kappa shape index (κ2) is 10.0. The number of nitrogens with one attached hydrogen (secondary N) is 1. The molecule has 2 amide bonds. The van der Waals surface area contributed by atoms with Crippen LogP contribution in [-0.2, 0) is 0 Å². The van der Waals surface area contributed by atoms with Crippen molar-refractivity contribution in [3.63, 3.8) is 0 Å². The molecule has 7 nitrogen and oxygen atoms in total. The number of pyridine rings is 1. The molecule has 1 saturated heterocycles. The van der Waals surface area contributed by atoms with Gasteiger partial charge in [0.05, 0.1) is 23.0 Å². The Morgan fingerprint density at radius 1 is 1.14 bits per heavy atom. The highest BCUT2D eigenvalue weighted by atomic mass is 32.1. The Labute approximate surface area is 215 Å². The monoisotopic (exact) mass is 504 g/mol. The minimum Gasteiger partial charge on any atom is -0.481 e. The number of nitrogens with zero attached hydrogens (tertiary/aromatic N) is 3. The normalized spacial score (nSPS) is 22.9. The summed E-state index contributed by atoms with van der Waals surface area (Å²) < 4.78 is 5.16. The van der Waals surface area contributed by atoms with Gasteiger partial charge in [-0.05, 0) is 56.1 Å². The Morgan fingerprint density at radius 2 is 1.94 bits per heavy atom. The van der Waals surface area contributed by atoms with Crippen molar-refractivity contribution in [3.8, 4) is 16.3 Å². The van der Waals surface area contributed by atoms with Gasteiger partial charge in [0.2, 0.25) is 5.88 Å². The number of aromatic nitrogens is 2. The van der Waals surface area contributed by atoms with Gasteiger partial charge in [-0.1, -0.05) is 42.8 Å². The molecule has 1 unspecified atom stereocenters. The van der Waals surface area contributed by atoms with Gasteiger partial charge < -0.3 is 15.0 Å². The summed E-state index contributed by atoms with van der Waals surface area (Å²) in [4.78, 5) is 38.7. The van der Waals surface area contributed by atoms with Crippen molar-refractivity contribution in [1.29, 1.82) is 0 Å². The molecule has 0 spiro atoms. The van der Waals surface area contributed by atoms with Crippen molar-refractivity contribution >= 4 is 23.2 Å². The van der Waals surface area contributed by atoms with E-state index in [9.17, 15) is 9.59 Å². The van der Waals surface area contributed by atoms with Crippen molar-refractivity contribution in [2.45, 2.75) is 39.7 Å². The molecule has 1 aliphatic heterocycles. The van der Waals surface area contributed by atoms with E-state index in [4.69, 9.17) is 4.74 Å². The summed E-state index contributed by atoms with van der Waals surface area (Å²) in [6.45, 7) is 7.37. The molecular formula is C28H32N4O3S. The number of methoxy groups -OCH3 is 1. The second-order valence-electron chi connectivity index (χ2n) is 10.1. The summed E-state index contributed by atoms with van der Waals surface area (Å²) in [5, 5.41) is 3.92. The zero-order valence-electron chi connectivity index (χ0n) is 21.2. The van der Waals surface area contributed by atoms with E-state index in [0.717, 1.165) is 33.9 Å². The Morgan fingerprint density at radius 3 is 2.72 bits per heavy atom. The van der Waals surface area contributed by atoms with Gasteiger partial charge in [-0.2, -0.15) is 0 Å². The Balaban J connectivity index is 1.40. The molecule has 1 N–H and O–H groups in total. The van der Waals surface area contributed by atoms with Crippen LogP contribution in [0.3, 0.4) is 0 Å². The van der Waals surface area contributed by atoms with Crippen molar-refractivity contribution in [2.24, 2.45) is 17.8 Å². The Kier molecular flexibility index (Phi) is 6.79. The molecule has 36 heavy (non-hydrogen) atoms. The number of carbonyl (C=O) groups excluding carboxylic acids is 2. The molecule has 188 valence electrons. The number of ether oxygens (including phenoxy) is 1. The highest BCUT2D eigenvalue weighted by Crippen LogP contribution is 2.45. The van der Waals surface area contributed by atoms with E-state index >= 15 is 0 Å². The number of thiazole rings is 1. The summed E-state index contributed by atoms with van der Waals surface area (Å²) in [5.41, 5.74) is 2.99. The van der Waals surface area contributed by atoms with E-state index in [2.05, 4.69) is 41.3 Å². The largest absolute Gasteiger partial charge is 0.481 e. The SMILES string of the molecule is COc1cccc(C(=O)NC[C@@H]2[C@H]3CC(C)C[C@H]3CN2C(=O)c2nc(C)sc2-c2cccc(C)c2)n1. The quantitative estimate of drug-likeness (QED) is 0.524. The number of hydrogen-bond donors (Lipinski definition) is 1. The van der Waals surface area contributed by atoms with Crippen LogP contribution in [0.15, 0.2) is 42.5 Å². The maximum atomic E-state index is 14.0. The molecule has 2 aliphatic rings. The van der Waals surface area contributed by atoms with Crippen LogP contribution in [0.5, 0.6) is 5.88 Å². The van der Waals surface area contributed by atoms with Gasteiger partial charge in [-0.15, -0.1) is 11.3 Å². The van der Waals surface area contributed by atoms with Crippen LogP contribution in [0.4, 0.5) is 0 Å². The molecule has 1 aromatic carbocycles. The molecule has 1 aliphatic carbocycles. The summed E-state index contributed by atoms with van der Waals surface area (Å²) in [5.74, 6) is 1.53. The Hall–Kier alpha value is -3.26. The molecule has 8 heteroatoms. The molecule has 3 aromatic rings. The molecular weight excluding hydrogens is 472 g/mol. The van der Waals surface area contributed by atoms with E-state index < -0.39 is 0 Å². The van der Waals surface area contributed by atoms with Gasteiger partial charge in [0.1, 0.15) is 11.4 Å². The fourth-order valence-electron chi connectivity index (χ4n) is 5.87. The average molecular weight is 505 g/mol. The molecule has 4 atom stereocenters. The molecule has 3 heterocycles. The van der Waals surface area contributed by atoms with Crippen LogP contribution in [0.2, 0.25) is 0 Å². The van der Waals surface area contributed by atoms with Crippen molar-refractivity contribution in [1.82, 2.24) is 20.2 Å². The van der Waals surface area contributed by atoms with Gasteiger partial charge in [0, 0.05) is 19.2 Å². The average Bonchev–Trinajstić information content (AvgIpc) is 3.54.